The van der Waals surface area contributed by atoms with Crippen LogP contribution in [0.25, 0.3) is 11.3 Å². The summed E-state index contributed by atoms with van der Waals surface area (Å²) in [4.78, 5) is 47.5. The van der Waals surface area contributed by atoms with Crippen molar-refractivity contribution in [1.82, 2.24) is 15.3 Å². The van der Waals surface area contributed by atoms with E-state index in [1.54, 1.807) is 20.8 Å². The standard InChI is InChI=1S/C35H36F4N4O7S/c1-34(2,3)50-33(46)22-12-21(22)26-15-41-27(16-40-26)23-13-24(28(49-4)14-25(23)36)31(44)43-30-18-9-8-17(10-18)29(30)32(45)42-19-6-5-7-20(11-19)51(47,48)35(37,38)39/h5-7,11,13-18,21-22,29-30H,8-10,12H2,1-4H3,(H,42,45)(H,43,44)/t17-,18+,21-,22-,29+,30-/m1/s1. The number of esters is 1. The van der Waals surface area contributed by atoms with Crippen LogP contribution in [0.4, 0.5) is 23.2 Å². The molecule has 0 spiro atoms. The van der Waals surface area contributed by atoms with Gasteiger partial charge in [0.1, 0.15) is 17.2 Å². The molecule has 0 unspecified atom stereocenters. The first-order valence-electron chi connectivity index (χ1n) is 16.3. The van der Waals surface area contributed by atoms with Gasteiger partial charge in [0.15, 0.2) is 0 Å². The molecule has 1 aromatic heterocycles. The number of carbonyl (C=O) groups is 3. The number of halogens is 4. The molecule has 6 rings (SSSR count). The van der Waals surface area contributed by atoms with E-state index in [0.717, 1.165) is 30.7 Å². The number of rotatable bonds is 9. The topological polar surface area (TPSA) is 154 Å². The Kier molecular flexibility index (Phi) is 9.36. The third kappa shape index (κ3) is 7.28. The summed E-state index contributed by atoms with van der Waals surface area (Å²) in [7, 11) is -4.36. The van der Waals surface area contributed by atoms with Crippen molar-refractivity contribution in [2.75, 3.05) is 12.4 Å². The number of hydrogen-bond donors (Lipinski definition) is 2. The molecule has 3 aliphatic rings. The summed E-state index contributed by atoms with van der Waals surface area (Å²) in [6, 6.07) is 5.56. The summed E-state index contributed by atoms with van der Waals surface area (Å²) in [5, 5.41) is 5.44. The minimum absolute atomic E-state index is 0.0288. The van der Waals surface area contributed by atoms with Crippen LogP contribution in [0.1, 0.15) is 68.4 Å². The largest absolute Gasteiger partial charge is 0.501 e. The van der Waals surface area contributed by atoms with Crippen LogP contribution in [-0.4, -0.2) is 60.4 Å². The lowest BCUT2D eigenvalue weighted by atomic mass is 9.83. The number of benzene rings is 2. The zero-order chi connectivity index (χ0) is 37.0. The highest BCUT2D eigenvalue weighted by Crippen LogP contribution is 2.50. The second-order valence-electron chi connectivity index (χ2n) is 14.2. The van der Waals surface area contributed by atoms with Crippen molar-refractivity contribution >= 4 is 33.3 Å². The van der Waals surface area contributed by atoms with E-state index in [2.05, 4.69) is 20.6 Å². The Labute approximate surface area is 291 Å². The summed E-state index contributed by atoms with van der Waals surface area (Å²) < 4.78 is 89.3. The maximum atomic E-state index is 15.3. The lowest BCUT2D eigenvalue weighted by Crippen LogP contribution is -2.48. The van der Waals surface area contributed by atoms with E-state index in [1.807, 2.05) is 0 Å². The highest BCUT2D eigenvalue weighted by atomic mass is 32.2. The van der Waals surface area contributed by atoms with Crippen LogP contribution in [0.2, 0.25) is 0 Å². The van der Waals surface area contributed by atoms with Gasteiger partial charge in [-0.25, -0.2) is 12.8 Å². The Hall–Kier alpha value is -4.60. The van der Waals surface area contributed by atoms with E-state index in [9.17, 15) is 36.0 Å². The number of amides is 2. The normalized spacial score (nSPS) is 24.2. The molecule has 3 aromatic rings. The van der Waals surface area contributed by atoms with Crippen molar-refractivity contribution in [2.45, 2.75) is 74.4 Å². The molecule has 0 radical (unpaired) electrons. The maximum absolute atomic E-state index is 15.3. The molecule has 2 N–H and O–H groups in total. The quantitative estimate of drug-likeness (QED) is 0.205. The van der Waals surface area contributed by atoms with Crippen LogP contribution in [0, 0.1) is 29.5 Å². The van der Waals surface area contributed by atoms with Gasteiger partial charge in [-0.3, -0.25) is 24.4 Å². The molecule has 16 heteroatoms. The number of anilines is 1. The van der Waals surface area contributed by atoms with Gasteiger partial charge in [0.05, 0.1) is 47.0 Å². The number of methoxy groups -OCH3 is 1. The first-order chi connectivity index (χ1) is 23.9. The van der Waals surface area contributed by atoms with Gasteiger partial charge >= 0.3 is 11.5 Å². The summed E-state index contributed by atoms with van der Waals surface area (Å²) in [6.45, 7) is 5.35. The summed E-state index contributed by atoms with van der Waals surface area (Å²) >= 11 is 0. The van der Waals surface area contributed by atoms with Crippen LogP contribution in [0.3, 0.4) is 0 Å². The van der Waals surface area contributed by atoms with Crippen molar-refractivity contribution in [1.29, 1.82) is 0 Å². The number of hydrogen-bond acceptors (Lipinski definition) is 9. The van der Waals surface area contributed by atoms with Crippen molar-refractivity contribution < 1.29 is 49.8 Å². The first-order valence-corrected chi connectivity index (χ1v) is 17.8. The molecule has 2 amide bonds. The Morgan fingerprint density at radius 2 is 1.69 bits per heavy atom. The highest BCUT2D eigenvalue weighted by Gasteiger charge is 2.52. The average molecular weight is 733 g/mol. The number of sulfone groups is 1. The molecular weight excluding hydrogens is 696 g/mol. The first kappa shape index (κ1) is 36.2. The van der Waals surface area contributed by atoms with Crippen LogP contribution >= 0.6 is 0 Å². The monoisotopic (exact) mass is 732 g/mol. The van der Waals surface area contributed by atoms with Gasteiger partial charge in [-0.05, 0) is 82.6 Å². The average Bonchev–Trinajstić information content (AvgIpc) is 3.61. The molecule has 11 nitrogen and oxygen atoms in total. The van der Waals surface area contributed by atoms with Gasteiger partial charge in [-0.2, -0.15) is 13.2 Å². The van der Waals surface area contributed by atoms with Crippen molar-refractivity contribution in [3.05, 3.63) is 65.9 Å². The summed E-state index contributed by atoms with van der Waals surface area (Å²) in [6.07, 6.45) is 5.41. The highest BCUT2D eigenvalue weighted by molar-refractivity contribution is 7.92. The van der Waals surface area contributed by atoms with E-state index >= 15 is 4.39 Å². The van der Waals surface area contributed by atoms with Crippen LogP contribution in [-0.2, 0) is 24.2 Å². The van der Waals surface area contributed by atoms with Gasteiger partial charge in [0, 0.05) is 35.5 Å². The van der Waals surface area contributed by atoms with Crippen molar-refractivity contribution in [3.63, 3.8) is 0 Å². The van der Waals surface area contributed by atoms with E-state index < -0.39 is 55.4 Å². The number of fused-ring (bicyclic) bond motifs is 2. The molecule has 3 fully saturated rings. The van der Waals surface area contributed by atoms with Gasteiger partial charge in [-0.1, -0.05) is 6.07 Å². The lowest BCUT2D eigenvalue weighted by Gasteiger charge is -2.31. The van der Waals surface area contributed by atoms with Gasteiger partial charge in [0.2, 0.25) is 5.91 Å². The molecule has 6 atom stereocenters. The molecule has 3 saturated carbocycles. The van der Waals surface area contributed by atoms with Crippen molar-refractivity contribution in [3.8, 4) is 17.0 Å². The van der Waals surface area contributed by atoms with Gasteiger partial charge in [0.25, 0.3) is 15.7 Å². The number of nitrogens with zero attached hydrogens (tertiary/aromatic N) is 2. The zero-order valence-electron chi connectivity index (χ0n) is 28.1. The molecule has 2 bridgehead atoms. The minimum atomic E-state index is -5.64. The number of ether oxygens (including phenoxy) is 2. The van der Waals surface area contributed by atoms with Gasteiger partial charge < -0.3 is 20.1 Å². The molecule has 1 heterocycles. The Morgan fingerprint density at radius 1 is 0.961 bits per heavy atom. The third-order valence-electron chi connectivity index (χ3n) is 9.59. The minimum Gasteiger partial charge on any atom is -0.496 e. The molecule has 3 aliphatic carbocycles. The molecule has 2 aromatic carbocycles. The predicted octanol–water partition coefficient (Wildman–Crippen LogP) is 5.81. The summed E-state index contributed by atoms with van der Waals surface area (Å²) in [5.41, 5.74) is -5.66. The second-order valence-corrected chi connectivity index (χ2v) is 16.1. The molecule has 0 saturated heterocycles. The summed E-state index contributed by atoms with van der Waals surface area (Å²) in [5.74, 6) is -3.85. The SMILES string of the molecule is COc1cc(F)c(-c2cnc([C@@H]3C[C@H]3C(=O)OC(C)(C)C)cn2)cc1C(=O)N[C@@H]1[C@H]2CC[C@H](C2)[C@@H]1C(=O)Nc1cccc(S(=O)(=O)C(F)(F)F)c1. The maximum Gasteiger partial charge on any atom is 0.501 e. The Bertz CT molecular complexity index is 1980. The van der Waals surface area contributed by atoms with Gasteiger partial charge in [-0.15, -0.1) is 0 Å². The van der Waals surface area contributed by atoms with E-state index in [0.29, 0.717) is 25.0 Å². The Morgan fingerprint density at radius 3 is 2.33 bits per heavy atom. The Balaban J connectivity index is 1.19. The number of nitrogens with one attached hydrogen (secondary N) is 2. The lowest BCUT2D eigenvalue weighted by molar-refractivity contribution is -0.156. The molecule has 0 aliphatic heterocycles. The van der Waals surface area contributed by atoms with Crippen molar-refractivity contribution in [2.24, 2.45) is 23.7 Å². The predicted molar refractivity (Wildman–Crippen MR) is 175 cm³/mol. The number of aromatic nitrogens is 2. The number of alkyl halides is 3. The fourth-order valence-electron chi connectivity index (χ4n) is 7.13. The molecular formula is C35H36F4N4O7S. The van der Waals surface area contributed by atoms with Crippen LogP contribution in [0.15, 0.2) is 53.7 Å². The van der Waals surface area contributed by atoms with E-state index in [4.69, 9.17) is 9.47 Å². The fourth-order valence-corrected chi connectivity index (χ4v) is 7.94. The zero-order valence-corrected chi connectivity index (χ0v) is 28.9. The van der Waals surface area contributed by atoms with Crippen LogP contribution < -0.4 is 15.4 Å². The van der Waals surface area contributed by atoms with E-state index in [1.165, 1.54) is 31.6 Å². The fraction of sp³-hybridized carbons (Fsp3) is 0.457. The smallest absolute Gasteiger partial charge is 0.496 e. The van der Waals surface area contributed by atoms with Crippen LogP contribution in [0.5, 0.6) is 5.75 Å². The second kappa shape index (κ2) is 13.2. The molecule has 272 valence electrons. The number of carbonyl (C=O) groups excluding carboxylic acids is 3. The van der Waals surface area contributed by atoms with E-state index in [-0.39, 0.29) is 57.9 Å². The molecule has 51 heavy (non-hydrogen) atoms. The third-order valence-corrected chi connectivity index (χ3v) is 11.1.